The smallest absolute Gasteiger partial charge is 0.276 e. The van der Waals surface area contributed by atoms with Crippen LogP contribution in [-0.2, 0) is 9.59 Å². The van der Waals surface area contributed by atoms with Crippen LogP contribution < -0.4 is 20.9 Å². The molecule has 0 spiro atoms. The van der Waals surface area contributed by atoms with Crippen LogP contribution in [0.15, 0.2) is 22.7 Å². The summed E-state index contributed by atoms with van der Waals surface area (Å²) in [4.78, 5) is 23.2. The lowest BCUT2D eigenvalue weighted by atomic mass is 10.1. The van der Waals surface area contributed by atoms with Gasteiger partial charge >= 0.3 is 0 Å². The third-order valence-corrected chi connectivity index (χ3v) is 3.43. The maximum absolute atomic E-state index is 11.7. The number of thiocarbonyl (C=S) groups is 1. The summed E-state index contributed by atoms with van der Waals surface area (Å²) >= 11 is 8.27. The van der Waals surface area contributed by atoms with Crippen molar-refractivity contribution in [2.75, 3.05) is 6.61 Å². The summed E-state index contributed by atoms with van der Waals surface area (Å²) in [6.45, 7) is 5.63. The summed E-state index contributed by atoms with van der Waals surface area (Å²) < 4.78 is 6.16. The predicted octanol–water partition coefficient (Wildman–Crippen LogP) is 2.20. The molecule has 0 saturated heterocycles. The molecule has 126 valence electrons. The first kappa shape index (κ1) is 19.4. The van der Waals surface area contributed by atoms with E-state index in [2.05, 4.69) is 32.1 Å². The van der Waals surface area contributed by atoms with Gasteiger partial charge in [0.2, 0.25) is 5.91 Å². The van der Waals surface area contributed by atoms with Gasteiger partial charge in [-0.05, 0) is 58.7 Å². The fourth-order valence-corrected chi connectivity index (χ4v) is 2.38. The summed E-state index contributed by atoms with van der Waals surface area (Å²) in [5, 5.41) is 2.52. The molecule has 0 bridgehead atoms. The van der Waals surface area contributed by atoms with Crippen molar-refractivity contribution < 1.29 is 14.3 Å². The highest BCUT2D eigenvalue weighted by Crippen LogP contribution is 2.25. The molecule has 0 aromatic heterocycles. The van der Waals surface area contributed by atoms with Crippen LogP contribution in [0, 0.1) is 12.8 Å². The molecule has 1 aromatic rings. The molecule has 0 aliphatic carbocycles. The van der Waals surface area contributed by atoms with Crippen molar-refractivity contribution in [1.82, 2.24) is 16.2 Å². The number of rotatable bonds is 5. The molecule has 8 heteroatoms. The van der Waals surface area contributed by atoms with Gasteiger partial charge in [-0.15, -0.1) is 0 Å². The molecule has 2 amide bonds. The molecule has 0 unspecified atom stereocenters. The van der Waals surface area contributed by atoms with E-state index in [-0.39, 0.29) is 23.5 Å². The molecule has 0 fully saturated rings. The zero-order chi connectivity index (χ0) is 17.4. The van der Waals surface area contributed by atoms with Crippen molar-refractivity contribution in [1.29, 1.82) is 0 Å². The highest BCUT2D eigenvalue weighted by atomic mass is 79.9. The van der Waals surface area contributed by atoms with Crippen molar-refractivity contribution >= 4 is 45.1 Å². The normalized spacial score (nSPS) is 10.1. The van der Waals surface area contributed by atoms with Gasteiger partial charge in [0.1, 0.15) is 5.75 Å². The molecule has 0 saturated carbocycles. The Morgan fingerprint density at radius 3 is 2.57 bits per heavy atom. The second kappa shape index (κ2) is 9.46. The SMILES string of the molecule is Cc1ccc(OCC(=O)NNC(=S)NC(=O)CC(C)C)c(Br)c1. The second-order valence-electron chi connectivity index (χ2n) is 5.37. The third kappa shape index (κ3) is 7.94. The highest BCUT2D eigenvalue weighted by Gasteiger charge is 2.09. The standard InChI is InChI=1S/C15H20BrN3O3S/c1-9(2)6-13(20)17-15(23)19-18-14(21)8-22-12-5-4-10(3)7-11(12)16/h4-5,7,9H,6,8H2,1-3H3,(H,18,21)(H2,17,19,20,23). The molecule has 0 aliphatic heterocycles. The van der Waals surface area contributed by atoms with E-state index in [0.717, 1.165) is 10.0 Å². The molecule has 23 heavy (non-hydrogen) atoms. The lowest BCUT2D eigenvalue weighted by molar-refractivity contribution is -0.124. The van der Waals surface area contributed by atoms with Crippen LogP contribution in [0.2, 0.25) is 0 Å². The quantitative estimate of drug-likeness (QED) is 0.520. The average Bonchev–Trinajstić information content (AvgIpc) is 2.43. The van der Waals surface area contributed by atoms with Crippen LogP contribution in [-0.4, -0.2) is 23.5 Å². The van der Waals surface area contributed by atoms with E-state index in [1.807, 2.05) is 32.9 Å². The Morgan fingerprint density at radius 2 is 1.96 bits per heavy atom. The summed E-state index contributed by atoms with van der Waals surface area (Å²) in [5.74, 6) is 0.178. The van der Waals surface area contributed by atoms with Gasteiger partial charge in [-0.25, -0.2) is 0 Å². The van der Waals surface area contributed by atoms with Crippen LogP contribution in [0.1, 0.15) is 25.8 Å². The number of hydrogen-bond donors (Lipinski definition) is 3. The highest BCUT2D eigenvalue weighted by molar-refractivity contribution is 9.10. The molecule has 0 aliphatic rings. The van der Waals surface area contributed by atoms with Crippen molar-refractivity contribution in [3.8, 4) is 5.75 Å². The number of aryl methyl sites for hydroxylation is 1. The lowest BCUT2D eigenvalue weighted by Gasteiger charge is -2.12. The van der Waals surface area contributed by atoms with Gasteiger partial charge in [-0.3, -0.25) is 20.4 Å². The Balaban J connectivity index is 2.31. The van der Waals surface area contributed by atoms with E-state index in [1.54, 1.807) is 6.07 Å². The first-order chi connectivity index (χ1) is 10.8. The van der Waals surface area contributed by atoms with Crippen LogP contribution in [0.5, 0.6) is 5.75 Å². The molecular weight excluding hydrogens is 382 g/mol. The van der Waals surface area contributed by atoms with Crippen LogP contribution in [0.3, 0.4) is 0 Å². The van der Waals surface area contributed by atoms with Gasteiger partial charge in [0.05, 0.1) is 4.47 Å². The van der Waals surface area contributed by atoms with Crippen molar-refractivity contribution in [3.63, 3.8) is 0 Å². The van der Waals surface area contributed by atoms with Crippen molar-refractivity contribution in [2.45, 2.75) is 27.2 Å². The number of carbonyl (C=O) groups excluding carboxylic acids is 2. The number of halogens is 1. The van der Waals surface area contributed by atoms with Gasteiger partial charge < -0.3 is 10.1 Å². The number of hydrazine groups is 1. The zero-order valence-corrected chi connectivity index (χ0v) is 15.6. The largest absolute Gasteiger partial charge is 0.483 e. The minimum atomic E-state index is -0.419. The van der Waals surface area contributed by atoms with E-state index in [9.17, 15) is 9.59 Å². The van der Waals surface area contributed by atoms with Crippen LogP contribution in [0.4, 0.5) is 0 Å². The molecule has 6 nitrogen and oxygen atoms in total. The first-order valence-electron chi connectivity index (χ1n) is 7.05. The Morgan fingerprint density at radius 1 is 1.26 bits per heavy atom. The topological polar surface area (TPSA) is 79.5 Å². The summed E-state index contributed by atoms with van der Waals surface area (Å²) in [7, 11) is 0. The summed E-state index contributed by atoms with van der Waals surface area (Å²) in [6.07, 6.45) is 0.361. The number of carbonyl (C=O) groups is 2. The zero-order valence-electron chi connectivity index (χ0n) is 13.2. The van der Waals surface area contributed by atoms with Gasteiger partial charge in [0.15, 0.2) is 11.7 Å². The number of ether oxygens (including phenoxy) is 1. The number of nitrogens with one attached hydrogen (secondary N) is 3. The van der Waals surface area contributed by atoms with Crippen molar-refractivity contribution in [3.05, 3.63) is 28.2 Å². The van der Waals surface area contributed by atoms with Gasteiger partial charge in [0.25, 0.3) is 5.91 Å². The Hall–Kier alpha value is -1.67. The average molecular weight is 402 g/mol. The van der Waals surface area contributed by atoms with Crippen molar-refractivity contribution in [2.24, 2.45) is 5.92 Å². The van der Waals surface area contributed by atoms with Crippen LogP contribution in [0.25, 0.3) is 0 Å². The Kier molecular flexibility index (Phi) is 7.97. The van der Waals surface area contributed by atoms with E-state index in [0.29, 0.717) is 12.2 Å². The number of amides is 2. The van der Waals surface area contributed by atoms with E-state index in [4.69, 9.17) is 17.0 Å². The minimum absolute atomic E-state index is 0.0421. The van der Waals surface area contributed by atoms with Crippen LogP contribution >= 0.6 is 28.1 Å². The fraction of sp³-hybridized carbons (Fsp3) is 0.400. The van der Waals surface area contributed by atoms with Gasteiger partial charge in [-0.2, -0.15) is 0 Å². The van der Waals surface area contributed by atoms with Gasteiger partial charge in [0, 0.05) is 6.42 Å². The monoisotopic (exact) mass is 401 g/mol. The third-order valence-electron chi connectivity index (χ3n) is 2.61. The minimum Gasteiger partial charge on any atom is -0.483 e. The van der Waals surface area contributed by atoms with E-state index < -0.39 is 5.91 Å². The molecule has 0 heterocycles. The lowest BCUT2D eigenvalue weighted by Crippen LogP contribution is -2.49. The fourth-order valence-electron chi connectivity index (χ4n) is 1.61. The molecule has 0 radical (unpaired) electrons. The molecule has 3 N–H and O–H groups in total. The summed E-state index contributed by atoms with van der Waals surface area (Å²) in [6, 6.07) is 5.55. The maximum atomic E-state index is 11.7. The molecule has 0 atom stereocenters. The molecule has 1 aromatic carbocycles. The molecular formula is C15H20BrN3O3S. The second-order valence-corrected chi connectivity index (χ2v) is 6.63. The molecule has 1 rings (SSSR count). The van der Waals surface area contributed by atoms with E-state index in [1.165, 1.54) is 0 Å². The summed E-state index contributed by atoms with van der Waals surface area (Å²) in [5.41, 5.74) is 5.89. The van der Waals surface area contributed by atoms with Gasteiger partial charge in [-0.1, -0.05) is 19.9 Å². The Bertz CT molecular complexity index is 593. The first-order valence-corrected chi connectivity index (χ1v) is 8.25. The maximum Gasteiger partial charge on any atom is 0.276 e. The predicted molar refractivity (Wildman–Crippen MR) is 95.8 cm³/mol. The van der Waals surface area contributed by atoms with E-state index >= 15 is 0 Å². The number of hydrogen-bond acceptors (Lipinski definition) is 4. The number of benzene rings is 1. The Labute approximate surface area is 149 Å².